The summed E-state index contributed by atoms with van der Waals surface area (Å²) in [5, 5.41) is 3.25. The summed E-state index contributed by atoms with van der Waals surface area (Å²) in [6, 6.07) is -0.149. The molecule has 1 amide bonds. The average Bonchev–Trinajstić information content (AvgIpc) is 3.02. The molecule has 1 fully saturated rings. The zero-order valence-corrected chi connectivity index (χ0v) is 14.0. The van der Waals surface area contributed by atoms with Gasteiger partial charge >= 0.3 is 0 Å². The van der Waals surface area contributed by atoms with E-state index >= 15 is 0 Å². The van der Waals surface area contributed by atoms with Gasteiger partial charge in [-0.1, -0.05) is 0 Å². The first kappa shape index (κ1) is 12.7. The van der Waals surface area contributed by atoms with Crippen molar-refractivity contribution in [2.45, 2.75) is 24.5 Å². The second-order valence-electron chi connectivity index (χ2n) is 5.45. The molecule has 106 valence electrons. The van der Waals surface area contributed by atoms with Crippen molar-refractivity contribution in [3.05, 3.63) is 20.3 Å². The van der Waals surface area contributed by atoms with Crippen molar-refractivity contribution >= 4 is 43.7 Å². The monoisotopic (exact) mass is 401 g/mol. The number of aliphatic imine (C=N–C) groups is 1. The standard InChI is InChI=1S/C12H13Br2N5O/c1-18-7-5(6(13)9(18)14)8-12(17-11(15)16-8)3-2-4-19(12)10(7)20/h8H,2-4H2,1H3,(H3,15,16,17)/t8-,12+/m1/s1. The van der Waals surface area contributed by atoms with Crippen LogP contribution in [0.15, 0.2) is 14.1 Å². The summed E-state index contributed by atoms with van der Waals surface area (Å²) < 4.78 is 3.61. The molecular formula is C12H13Br2N5O. The zero-order valence-electron chi connectivity index (χ0n) is 10.8. The van der Waals surface area contributed by atoms with Gasteiger partial charge in [0.1, 0.15) is 17.4 Å². The van der Waals surface area contributed by atoms with Crippen molar-refractivity contribution in [1.82, 2.24) is 14.8 Å². The van der Waals surface area contributed by atoms with E-state index in [0.29, 0.717) is 11.7 Å². The molecule has 0 aliphatic carbocycles. The number of guanidine groups is 1. The highest BCUT2D eigenvalue weighted by molar-refractivity contribution is 9.13. The number of aromatic nitrogens is 1. The zero-order chi connectivity index (χ0) is 14.2. The van der Waals surface area contributed by atoms with Gasteiger partial charge < -0.3 is 20.5 Å². The third-order valence-electron chi connectivity index (χ3n) is 4.51. The number of carbonyl (C=O) groups is 1. The van der Waals surface area contributed by atoms with Gasteiger partial charge in [-0.2, -0.15) is 0 Å². The summed E-state index contributed by atoms with van der Waals surface area (Å²) in [6.07, 6.45) is 1.83. The summed E-state index contributed by atoms with van der Waals surface area (Å²) in [7, 11) is 1.88. The van der Waals surface area contributed by atoms with Crippen molar-refractivity contribution in [1.29, 1.82) is 0 Å². The Morgan fingerprint density at radius 3 is 3.00 bits per heavy atom. The van der Waals surface area contributed by atoms with Crippen LogP contribution in [0.25, 0.3) is 0 Å². The Morgan fingerprint density at radius 2 is 2.25 bits per heavy atom. The molecule has 1 aromatic rings. The van der Waals surface area contributed by atoms with Gasteiger partial charge in [-0.25, -0.2) is 4.99 Å². The molecule has 20 heavy (non-hydrogen) atoms. The minimum Gasteiger partial charge on any atom is -0.370 e. The van der Waals surface area contributed by atoms with Crippen LogP contribution in [-0.2, 0) is 7.05 Å². The molecule has 1 saturated heterocycles. The van der Waals surface area contributed by atoms with Crippen LogP contribution in [0.5, 0.6) is 0 Å². The Bertz CT molecular complexity index is 682. The number of hydrogen-bond acceptors (Lipinski definition) is 4. The molecule has 4 rings (SSSR count). The van der Waals surface area contributed by atoms with Gasteiger partial charge in [-0.05, 0) is 44.7 Å². The summed E-state index contributed by atoms with van der Waals surface area (Å²) >= 11 is 7.11. The van der Waals surface area contributed by atoms with E-state index in [1.807, 2.05) is 16.5 Å². The first-order chi connectivity index (χ1) is 9.47. The van der Waals surface area contributed by atoms with Gasteiger partial charge in [0.25, 0.3) is 5.91 Å². The van der Waals surface area contributed by atoms with Crippen molar-refractivity contribution in [3.8, 4) is 0 Å². The van der Waals surface area contributed by atoms with Crippen LogP contribution in [0, 0.1) is 0 Å². The maximum Gasteiger partial charge on any atom is 0.272 e. The van der Waals surface area contributed by atoms with Crippen LogP contribution in [0.3, 0.4) is 0 Å². The number of hydrogen-bond donors (Lipinski definition) is 2. The van der Waals surface area contributed by atoms with E-state index in [1.165, 1.54) is 0 Å². The van der Waals surface area contributed by atoms with Gasteiger partial charge in [0, 0.05) is 19.2 Å². The molecule has 0 radical (unpaired) electrons. The second-order valence-corrected chi connectivity index (χ2v) is 7.00. The number of nitrogens with two attached hydrogens (primary N) is 1. The number of rotatable bonds is 0. The molecule has 3 N–H and O–H groups in total. The van der Waals surface area contributed by atoms with Gasteiger partial charge in [0.05, 0.1) is 9.08 Å². The van der Waals surface area contributed by atoms with Crippen molar-refractivity contribution in [2.75, 3.05) is 6.54 Å². The lowest BCUT2D eigenvalue weighted by molar-refractivity contribution is 0.0458. The number of fused-ring (bicyclic) bond motifs is 2. The molecule has 2 atom stereocenters. The number of halogens is 2. The Balaban J connectivity index is 2.04. The fourth-order valence-electron chi connectivity index (χ4n) is 3.69. The predicted octanol–water partition coefficient (Wildman–Crippen LogP) is 1.46. The van der Waals surface area contributed by atoms with Gasteiger partial charge in [-0.15, -0.1) is 0 Å². The highest BCUT2D eigenvalue weighted by Gasteiger charge is 2.59. The first-order valence-electron chi connectivity index (χ1n) is 6.44. The third kappa shape index (κ3) is 1.25. The Kier molecular flexibility index (Phi) is 2.41. The molecule has 4 heterocycles. The van der Waals surface area contributed by atoms with E-state index in [4.69, 9.17) is 5.73 Å². The van der Waals surface area contributed by atoms with E-state index in [1.54, 1.807) is 0 Å². The molecule has 3 aliphatic rings. The molecule has 0 unspecified atom stereocenters. The van der Waals surface area contributed by atoms with Crippen molar-refractivity contribution in [2.24, 2.45) is 17.8 Å². The van der Waals surface area contributed by atoms with Crippen molar-refractivity contribution < 1.29 is 4.79 Å². The molecule has 0 saturated carbocycles. The molecule has 0 bridgehead atoms. The van der Waals surface area contributed by atoms with Crippen LogP contribution >= 0.6 is 31.9 Å². The lowest BCUT2D eigenvalue weighted by Gasteiger charge is -2.42. The molecule has 0 aromatic carbocycles. The molecule has 8 heteroatoms. The number of nitrogens with zero attached hydrogens (tertiary/aromatic N) is 3. The van der Waals surface area contributed by atoms with Crippen LogP contribution < -0.4 is 11.1 Å². The van der Waals surface area contributed by atoms with Gasteiger partial charge in [-0.3, -0.25) is 4.79 Å². The summed E-state index contributed by atoms with van der Waals surface area (Å²) in [4.78, 5) is 19.3. The summed E-state index contributed by atoms with van der Waals surface area (Å²) in [6.45, 7) is 0.741. The number of nitrogens with one attached hydrogen (secondary N) is 1. The number of amides is 1. The highest BCUT2D eigenvalue weighted by Crippen LogP contribution is 2.52. The van der Waals surface area contributed by atoms with Gasteiger partial charge in [0.15, 0.2) is 5.96 Å². The number of carbonyl (C=O) groups excluding carboxylic acids is 1. The molecule has 3 aliphatic heterocycles. The fourth-order valence-corrected chi connectivity index (χ4v) is 4.75. The largest absolute Gasteiger partial charge is 0.370 e. The normalized spacial score (nSPS) is 30.8. The van der Waals surface area contributed by atoms with Crippen LogP contribution in [0.1, 0.15) is 34.9 Å². The van der Waals surface area contributed by atoms with Crippen molar-refractivity contribution in [3.63, 3.8) is 0 Å². The molecule has 1 spiro atoms. The third-order valence-corrected chi connectivity index (χ3v) is 6.77. The summed E-state index contributed by atoms with van der Waals surface area (Å²) in [5.74, 6) is 0.453. The maximum absolute atomic E-state index is 12.9. The van der Waals surface area contributed by atoms with E-state index in [2.05, 4.69) is 42.2 Å². The Hall–Kier alpha value is -1.02. The predicted molar refractivity (Wildman–Crippen MR) is 81.3 cm³/mol. The van der Waals surface area contributed by atoms with Crippen LogP contribution in [0.2, 0.25) is 0 Å². The van der Waals surface area contributed by atoms with E-state index in [9.17, 15) is 4.79 Å². The highest BCUT2D eigenvalue weighted by atomic mass is 79.9. The lowest BCUT2D eigenvalue weighted by atomic mass is 9.88. The maximum atomic E-state index is 12.9. The van der Waals surface area contributed by atoms with E-state index in [0.717, 1.165) is 34.0 Å². The van der Waals surface area contributed by atoms with Gasteiger partial charge in [0.2, 0.25) is 0 Å². The minimum absolute atomic E-state index is 0.0417. The molecule has 6 nitrogen and oxygen atoms in total. The topological polar surface area (TPSA) is 75.7 Å². The lowest BCUT2D eigenvalue weighted by Crippen LogP contribution is -2.62. The Morgan fingerprint density at radius 1 is 1.50 bits per heavy atom. The van der Waals surface area contributed by atoms with Crippen LogP contribution in [-0.4, -0.2) is 33.5 Å². The molecular weight excluding hydrogens is 390 g/mol. The Labute approximate surface area is 132 Å². The van der Waals surface area contributed by atoms with E-state index in [-0.39, 0.29) is 11.9 Å². The quantitative estimate of drug-likeness (QED) is 0.689. The SMILES string of the molecule is Cn1c(Br)c(Br)c2c1C(=O)N1CCC[C@]13NC(N)=N[C@H]23. The average molecular weight is 403 g/mol. The van der Waals surface area contributed by atoms with E-state index < -0.39 is 5.66 Å². The minimum atomic E-state index is -0.475. The summed E-state index contributed by atoms with van der Waals surface area (Å²) in [5.41, 5.74) is 7.05. The smallest absolute Gasteiger partial charge is 0.272 e. The second kappa shape index (κ2) is 3.79. The fraction of sp³-hybridized carbons (Fsp3) is 0.500. The first-order valence-corrected chi connectivity index (χ1v) is 8.03. The molecule has 1 aromatic heterocycles. The van der Waals surface area contributed by atoms with Crippen LogP contribution in [0.4, 0.5) is 0 Å².